The van der Waals surface area contributed by atoms with Crippen molar-refractivity contribution in [3.63, 3.8) is 0 Å². The summed E-state index contributed by atoms with van der Waals surface area (Å²) in [6, 6.07) is 2.76. The van der Waals surface area contributed by atoms with Crippen molar-refractivity contribution in [1.82, 2.24) is 20.2 Å². The zero-order chi connectivity index (χ0) is 26.6. The van der Waals surface area contributed by atoms with Gasteiger partial charge in [-0.05, 0) is 63.3 Å². The third-order valence-corrected chi connectivity index (χ3v) is 6.52. The van der Waals surface area contributed by atoms with Crippen molar-refractivity contribution in [3.8, 4) is 11.9 Å². The lowest BCUT2D eigenvalue weighted by Gasteiger charge is -2.27. The molecule has 0 aliphatic carbocycles. The van der Waals surface area contributed by atoms with Crippen LogP contribution in [-0.4, -0.2) is 65.4 Å². The van der Waals surface area contributed by atoms with Gasteiger partial charge in [-0.1, -0.05) is 0 Å². The molecule has 1 N–H and O–H groups in total. The highest BCUT2D eigenvalue weighted by Gasteiger charge is 2.38. The van der Waals surface area contributed by atoms with Crippen LogP contribution in [-0.2, 0) is 4.74 Å². The molecule has 2 aromatic rings. The number of halogens is 2. The number of hydrogen-bond donors (Lipinski definition) is 1. The molecule has 2 saturated heterocycles. The minimum Gasteiger partial charge on any atom is -0.490 e. The number of nitriles is 1. The highest BCUT2D eigenvalue weighted by molar-refractivity contribution is 5.68. The zero-order valence-corrected chi connectivity index (χ0v) is 21.3. The van der Waals surface area contributed by atoms with Crippen LogP contribution in [0.5, 0.6) is 5.75 Å². The first-order chi connectivity index (χ1) is 17.6. The predicted octanol–water partition coefficient (Wildman–Crippen LogP) is 3.82. The average molecular weight is 515 g/mol. The zero-order valence-electron chi connectivity index (χ0n) is 21.3. The van der Waals surface area contributed by atoms with Crippen molar-refractivity contribution in [3.05, 3.63) is 47.8 Å². The maximum absolute atomic E-state index is 14.7. The van der Waals surface area contributed by atoms with E-state index in [4.69, 9.17) is 14.7 Å². The molecule has 0 bridgehead atoms. The molecule has 37 heavy (non-hydrogen) atoms. The maximum atomic E-state index is 14.7. The van der Waals surface area contributed by atoms with E-state index in [-0.39, 0.29) is 18.7 Å². The molecule has 2 atom stereocenters. The monoisotopic (exact) mass is 514 g/mol. The predicted molar refractivity (Wildman–Crippen MR) is 132 cm³/mol. The van der Waals surface area contributed by atoms with Crippen LogP contribution in [0.4, 0.5) is 19.5 Å². The highest BCUT2D eigenvalue weighted by Crippen LogP contribution is 2.32. The number of alkyl carbamates (subject to hydrolysis) is 1. The van der Waals surface area contributed by atoms with Gasteiger partial charge in [-0.3, -0.25) is 0 Å². The molecule has 2 aliphatic rings. The standard InChI is InChI=1S/C26H32F2N6O3/c1-26(2,3)37-25(35)32-23-14-34(13-21(23)20-10-18(27)4-5-22(20)28)24-30-11-19(12-31-24)36-15-17-6-8-33(16-29)9-7-17/h4-5,10-12,17,21,23H,6-9,13-15H2,1-3H3,(H,32,35)/t21?,23-/m0/s1. The first-order valence-electron chi connectivity index (χ1n) is 12.4. The Morgan fingerprint density at radius 3 is 2.54 bits per heavy atom. The van der Waals surface area contributed by atoms with Crippen LogP contribution in [0.15, 0.2) is 30.6 Å². The maximum Gasteiger partial charge on any atom is 0.407 e. The number of nitrogens with one attached hydrogen (secondary N) is 1. The number of carbonyl (C=O) groups is 1. The van der Waals surface area contributed by atoms with Crippen LogP contribution < -0.4 is 15.0 Å². The van der Waals surface area contributed by atoms with Gasteiger partial charge in [0, 0.05) is 32.1 Å². The van der Waals surface area contributed by atoms with E-state index >= 15 is 0 Å². The number of carbonyl (C=O) groups excluding carboxylic acids is 1. The first-order valence-corrected chi connectivity index (χ1v) is 12.4. The Bertz CT molecular complexity index is 1130. The van der Waals surface area contributed by atoms with Crippen molar-refractivity contribution < 1.29 is 23.0 Å². The highest BCUT2D eigenvalue weighted by atomic mass is 19.1. The molecule has 9 nitrogen and oxygen atoms in total. The lowest BCUT2D eigenvalue weighted by molar-refractivity contribution is 0.0504. The third kappa shape index (κ3) is 6.96. The van der Waals surface area contributed by atoms with Crippen molar-refractivity contribution in [2.75, 3.05) is 37.7 Å². The van der Waals surface area contributed by atoms with Crippen molar-refractivity contribution in [1.29, 1.82) is 5.26 Å². The van der Waals surface area contributed by atoms with Crippen molar-refractivity contribution >= 4 is 12.0 Å². The normalized spacial score (nSPS) is 20.4. The molecule has 0 spiro atoms. The van der Waals surface area contributed by atoms with Gasteiger partial charge >= 0.3 is 6.09 Å². The summed E-state index contributed by atoms with van der Waals surface area (Å²) in [4.78, 5) is 24.9. The van der Waals surface area contributed by atoms with Gasteiger partial charge in [0.1, 0.15) is 17.2 Å². The largest absolute Gasteiger partial charge is 0.490 e. The van der Waals surface area contributed by atoms with Crippen LogP contribution >= 0.6 is 0 Å². The number of rotatable bonds is 6. The van der Waals surface area contributed by atoms with Crippen LogP contribution in [0.1, 0.15) is 45.1 Å². The van der Waals surface area contributed by atoms with E-state index in [0.29, 0.717) is 24.2 Å². The van der Waals surface area contributed by atoms with E-state index in [0.717, 1.165) is 44.1 Å². The number of ether oxygens (including phenoxy) is 2. The smallest absolute Gasteiger partial charge is 0.407 e. The fourth-order valence-electron chi connectivity index (χ4n) is 4.65. The molecule has 2 fully saturated rings. The number of likely N-dealkylation sites (tertiary alicyclic amines) is 1. The van der Waals surface area contributed by atoms with Gasteiger partial charge in [-0.25, -0.2) is 23.5 Å². The molecule has 0 radical (unpaired) electrons. The lowest BCUT2D eigenvalue weighted by atomic mass is 9.94. The summed E-state index contributed by atoms with van der Waals surface area (Å²) in [6.45, 7) is 7.82. The molecule has 3 heterocycles. The Kier molecular flexibility index (Phi) is 7.95. The van der Waals surface area contributed by atoms with E-state index in [1.807, 2.05) is 4.90 Å². The molecular weight excluding hydrogens is 482 g/mol. The van der Waals surface area contributed by atoms with Gasteiger partial charge in [-0.15, -0.1) is 0 Å². The van der Waals surface area contributed by atoms with E-state index in [2.05, 4.69) is 21.5 Å². The average Bonchev–Trinajstić information content (AvgIpc) is 3.27. The van der Waals surface area contributed by atoms with Crippen molar-refractivity contribution in [2.24, 2.45) is 5.92 Å². The minimum atomic E-state index is -0.701. The molecule has 1 unspecified atom stereocenters. The number of piperidine rings is 1. The molecule has 0 saturated carbocycles. The molecule has 11 heteroatoms. The second-order valence-electron chi connectivity index (χ2n) is 10.5. The molecule has 1 amide bonds. The number of benzene rings is 1. The number of anilines is 1. The van der Waals surface area contributed by atoms with Gasteiger partial charge in [0.05, 0.1) is 25.0 Å². The van der Waals surface area contributed by atoms with E-state index in [1.165, 1.54) is 0 Å². The van der Waals surface area contributed by atoms with E-state index < -0.39 is 35.3 Å². The molecule has 198 valence electrons. The van der Waals surface area contributed by atoms with E-state index in [9.17, 15) is 13.6 Å². The van der Waals surface area contributed by atoms with Crippen molar-refractivity contribution in [2.45, 2.75) is 51.2 Å². The SMILES string of the molecule is CC(C)(C)OC(=O)N[C@H]1CN(c2ncc(OCC3CCN(C#N)CC3)cn2)CC1c1cc(F)ccc1F. The molecule has 1 aromatic carbocycles. The molecular formula is C26H32F2N6O3. The Hall–Kier alpha value is -3.68. The number of nitrogens with zero attached hydrogens (tertiary/aromatic N) is 5. The van der Waals surface area contributed by atoms with Crippen LogP contribution in [0.3, 0.4) is 0 Å². The number of aromatic nitrogens is 2. The summed E-state index contributed by atoms with van der Waals surface area (Å²) < 4.78 is 39.9. The minimum absolute atomic E-state index is 0.172. The number of amides is 1. The molecule has 1 aromatic heterocycles. The van der Waals surface area contributed by atoms with Gasteiger partial charge in [0.2, 0.25) is 5.95 Å². The summed E-state index contributed by atoms with van der Waals surface area (Å²) in [6.07, 6.45) is 6.49. The van der Waals surface area contributed by atoms with Gasteiger partial charge < -0.3 is 24.6 Å². The molecule has 4 rings (SSSR count). The number of hydrogen-bond acceptors (Lipinski definition) is 8. The second kappa shape index (κ2) is 11.2. The fraction of sp³-hybridized carbons (Fsp3) is 0.538. The summed E-state index contributed by atoms with van der Waals surface area (Å²) in [5.74, 6) is -0.352. The summed E-state index contributed by atoms with van der Waals surface area (Å²) in [5, 5.41) is 11.8. The van der Waals surface area contributed by atoms with Crippen LogP contribution in [0.2, 0.25) is 0 Å². The van der Waals surface area contributed by atoms with Gasteiger partial charge in [0.25, 0.3) is 0 Å². The topological polar surface area (TPSA) is 104 Å². The third-order valence-electron chi connectivity index (χ3n) is 6.52. The Labute approximate surface area is 215 Å². The summed E-state index contributed by atoms with van der Waals surface area (Å²) >= 11 is 0. The second-order valence-corrected chi connectivity index (χ2v) is 10.5. The first kappa shape index (κ1) is 26.4. The van der Waals surface area contributed by atoms with Crippen LogP contribution in [0, 0.1) is 29.0 Å². The summed E-state index contributed by atoms with van der Waals surface area (Å²) in [7, 11) is 0. The van der Waals surface area contributed by atoms with Gasteiger partial charge in [0.15, 0.2) is 11.9 Å². The lowest BCUT2D eigenvalue weighted by Crippen LogP contribution is -2.43. The fourth-order valence-corrected chi connectivity index (χ4v) is 4.65. The Balaban J connectivity index is 1.43. The molecule has 2 aliphatic heterocycles. The van der Waals surface area contributed by atoms with E-state index in [1.54, 1.807) is 38.1 Å². The summed E-state index contributed by atoms with van der Waals surface area (Å²) in [5.41, 5.74) is -0.529. The quantitative estimate of drug-likeness (QED) is 0.581. The van der Waals surface area contributed by atoms with Gasteiger partial charge in [-0.2, -0.15) is 5.26 Å². The Morgan fingerprint density at radius 1 is 1.19 bits per heavy atom. The Morgan fingerprint density at radius 2 is 1.89 bits per heavy atom. The van der Waals surface area contributed by atoms with Crippen LogP contribution in [0.25, 0.3) is 0 Å².